The molecule has 0 aliphatic rings. The predicted octanol–water partition coefficient (Wildman–Crippen LogP) is 3.25. The molecule has 2 aromatic carbocycles. The number of ether oxygens (including phenoxy) is 1. The molecular formula is C17H16OTe. The number of rotatable bonds is 5. The van der Waals surface area contributed by atoms with Crippen LogP contribution in [-0.4, -0.2) is 28.0 Å². The van der Waals surface area contributed by atoms with E-state index in [9.17, 15) is 0 Å². The zero-order valence-corrected chi connectivity index (χ0v) is 13.2. The van der Waals surface area contributed by atoms with Gasteiger partial charge < -0.3 is 0 Å². The van der Waals surface area contributed by atoms with Crippen LogP contribution in [0.5, 0.6) is 5.75 Å². The van der Waals surface area contributed by atoms with Gasteiger partial charge in [-0.15, -0.1) is 0 Å². The summed E-state index contributed by atoms with van der Waals surface area (Å²) in [5, 5.41) is 0. The molecule has 2 rings (SSSR count). The van der Waals surface area contributed by atoms with E-state index in [1.165, 1.54) is 12.8 Å². The summed E-state index contributed by atoms with van der Waals surface area (Å²) in [6.07, 6.45) is 4.18. The van der Waals surface area contributed by atoms with E-state index in [1.807, 2.05) is 18.2 Å². The molecule has 0 radical (unpaired) electrons. The van der Waals surface area contributed by atoms with E-state index < -0.39 is 0 Å². The van der Waals surface area contributed by atoms with Crippen molar-refractivity contribution in [3.63, 3.8) is 0 Å². The SMILES string of the molecule is C=C/C(=C\c1ccc(OC)cc1)[Te]c1ccccc1. The average Bonchev–Trinajstić information content (AvgIpc) is 2.48. The van der Waals surface area contributed by atoms with Gasteiger partial charge in [0.2, 0.25) is 0 Å². The van der Waals surface area contributed by atoms with Crippen LogP contribution >= 0.6 is 0 Å². The Hall–Kier alpha value is -1.49. The van der Waals surface area contributed by atoms with E-state index in [0.717, 1.165) is 5.75 Å². The Balaban J connectivity index is 2.16. The zero-order valence-electron chi connectivity index (χ0n) is 10.9. The molecule has 0 aliphatic carbocycles. The number of hydrogen-bond acceptors (Lipinski definition) is 1. The summed E-state index contributed by atoms with van der Waals surface area (Å²) in [7, 11) is 1.68. The molecule has 0 fully saturated rings. The molecule has 2 aromatic rings. The summed E-state index contributed by atoms with van der Waals surface area (Å²) in [4.78, 5) is 0. The van der Waals surface area contributed by atoms with Crippen molar-refractivity contribution >= 4 is 30.6 Å². The second-order valence-electron chi connectivity index (χ2n) is 3.94. The van der Waals surface area contributed by atoms with Crippen molar-refractivity contribution in [2.75, 3.05) is 7.11 Å². The first-order valence-corrected chi connectivity index (χ1v) is 8.36. The van der Waals surface area contributed by atoms with E-state index in [4.69, 9.17) is 4.74 Å². The molecule has 19 heavy (non-hydrogen) atoms. The molecule has 0 bridgehead atoms. The summed E-state index contributed by atoms with van der Waals surface area (Å²) >= 11 is -0.358. The monoisotopic (exact) mass is 366 g/mol. The molecule has 0 N–H and O–H groups in total. The summed E-state index contributed by atoms with van der Waals surface area (Å²) in [5.41, 5.74) is 1.19. The normalized spacial score (nSPS) is 11.1. The zero-order chi connectivity index (χ0) is 13.5. The summed E-state index contributed by atoms with van der Waals surface area (Å²) in [6.45, 7) is 3.93. The van der Waals surface area contributed by atoms with Gasteiger partial charge in [0.25, 0.3) is 0 Å². The molecular weight excluding hydrogens is 348 g/mol. The van der Waals surface area contributed by atoms with Gasteiger partial charge >= 0.3 is 125 Å². The fourth-order valence-electron chi connectivity index (χ4n) is 1.62. The fraction of sp³-hybridized carbons (Fsp3) is 0.0588. The van der Waals surface area contributed by atoms with Crippen LogP contribution in [0.2, 0.25) is 0 Å². The van der Waals surface area contributed by atoms with Crippen molar-refractivity contribution in [3.05, 3.63) is 76.4 Å². The average molecular weight is 364 g/mol. The first-order chi connectivity index (χ1) is 9.31. The Kier molecular flexibility index (Phi) is 5.27. The Morgan fingerprint density at radius 1 is 1.05 bits per heavy atom. The van der Waals surface area contributed by atoms with Gasteiger partial charge in [-0.3, -0.25) is 0 Å². The van der Waals surface area contributed by atoms with E-state index in [2.05, 4.69) is 55.1 Å². The number of benzene rings is 2. The molecule has 0 aromatic heterocycles. The third-order valence-corrected chi connectivity index (χ3v) is 5.54. The first kappa shape index (κ1) is 13.9. The van der Waals surface area contributed by atoms with Gasteiger partial charge in [0.1, 0.15) is 0 Å². The van der Waals surface area contributed by atoms with E-state index in [0.29, 0.717) is 0 Å². The third kappa shape index (κ3) is 4.28. The van der Waals surface area contributed by atoms with Crippen LogP contribution in [0.4, 0.5) is 0 Å². The fourth-order valence-corrected chi connectivity index (χ4v) is 4.03. The maximum absolute atomic E-state index is 5.16. The molecule has 0 heterocycles. The topological polar surface area (TPSA) is 9.23 Å². The van der Waals surface area contributed by atoms with Crippen LogP contribution in [0.3, 0.4) is 0 Å². The van der Waals surface area contributed by atoms with Gasteiger partial charge in [-0.05, 0) is 0 Å². The Morgan fingerprint density at radius 2 is 1.74 bits per heavy atom. The van der Waals surface area contributed by atoms with Gasteiger partial charge in [0, 0.05) is 0 Å². The molecule has 0 saturated heterocycles. The Bertz CT molecular complexity index is 556. The van der Waals surface area contributed by atoms with Crippen molar-refractivity contribution in [3.8, 4) is 5.75 Å². The quantitative estimate of drug-likeness (QED) is 0.585. The van der Waals surface area contributed by atoms with Crippen molar-refractivity contribution in [1.29, 1.82) is 0 Å². The molecule has 0 amide bonds. The molecule has 0 unspecified atom stereocenters. The minimum absolute atomic E-state index is 0.358. The van der Waals surface area contributed by atoms with Gasteiger partial charge in [0.05, 0.1) is 0 Å². The molecule has 0 aliphatic heterocycles. The summed E-state index contributed by atoms with van der Waals surface area (Å²) in [6, 6.07) is 18.7. The molecule has 0 saturated carbocycles. The van der Waals surface area contributed by atoms with Crippen LogP contribution in [0, 0.1) is 0 Å². The van der Waals surface area contributed by atoms with Crippen molar-refractivity contribution in [2.45, 2.75) is 0 Å². The number of methoxy groups -OCH3 is 1. The number of allylic oxidation sites excluding steroid dienone is 2. The third-order valence-electron chi connectivity index (χ3n) is 2.60. The molecule has 2 heteroatoms. The Morgan fingerprint density at radius 3 is 2.32 bits per heavy atom. The van der Waals surface area contributed by atoms with Crippen LogP contribution < -0.4 is 8.35 Å². The predicted molar refractivity (Wildman–Crippen MR) is 83.0 cm³/mol. The summed E-state index contributed by atoms with van der Waals surface area (Å²) < 4.78 is 7.92. The van der Waals surface area contributed by atoms with Gasteiger partial charge in [-0.1, -0.05) is 0 Å². The van der Waals surface area contributed by atoms with Crippen LogP contribution in [0.15, 0.2) is 70.9 Å². The molecule has 1 nitrogen and oxygen atoms in total. The molecule has 96 valence electrons. The van der Waals surface area contributed by atoms with Crippen molar-refractivity contribution in [1.82, 2.24) is 0 Å². The van der Waals surface area contributed by atoms with Crippen LogP contribution in [0.1, 0.15) is 5.56 Å². The van der Waals surface area contributed by atoms with E-state index >= 15 is 0 Å². The molecule has 0 spiro atoms. The first-order valence-electron chi connectivity index (χ1n) is 6.03. The second-order valence-corrected chi connectivity index (χ2v) is 7.21. The van der Waals surface area contributed by atoms with Crippen molar-refractivity contribution < 1.29 is 4.74 Å². The van der Waals surface area contributed by atoms with Crippen LogP contribution in [-0.2, 0) is 0 Å². The van der Waals surface area contributed by atoms with Crippen molar-refractivity contribution in [2.24, 2.45) is 0 Å². The van der Waals surface area contributed by atoms with Gasteiger partial charge in [-0.25, -0.2) is 0 Å². The van der Waals surface area contributed by atoms with E-state index in [1.54, 1.807) is 7.11 Å². The minimum atomic E-state index is -0.358. The maximum atomic E-state index is 5.16. The van der Waals surface area contributed by atoms with E-state index in [-0.39, 0.29) is 20.9 Å². The Labute approximate surface area is 124 Å². The van der Waals surface area contributed by atoms with Gasteiger partial charge in [-0.2, -0.15) is 0 Å². The van der Waals surface area contributed by atoms with Crippen LogP contribution in [0.25, 0.3) is 6.08 Å². The number of hydrogen-bond donors (Lipinski definition) is 0. The van der Waals surface area contributed by atoms with Gasteiger partial charge in [0.15, 0.2) is 0 Å². The standard InChI is InChI=1S/C17H16OTe/c1-3-16(19-17-7-5-4-6-8-17)13-14-9-11-15(18-2)12-10-14/h3-13H,1H2,2H3/b16-13+. The molecule has 0 atom stereocenters. The summed E-state index contributed by atoms with van der Waals surface area (Å²) in [5.74, 6) is 0.886. The second kappa shape index (κ2) is 7.19.